The van der Waals surface area contributed by atoms with Crippen LogP contribution in [-0.4, -0.2) is 63.1 Å². The molecule has 0 aromatic carbocycles. The zero-order valence-electron chi connectivity index (χ0n) is 16.3. The largest absolute Gasteiger partial charge is 0.214 e. The van der Waals surface area contributed by atoms with Crippen molar-refractivity contribution in [3.05, 3.63) is 0 Å². The van der Waals surface area contributed by atoms with Crippen molar-refractivity contribution in [3.63, 3.8) is 0 Å². The summed E-state index contributed by atoms with van der Waals surface area (Å²) >= 11 is 0. The van der Waals surface area contributed by atoms with Crippen molar-refractivity contribution >= 4 is 20.0 Å². The van der Waals surface area contributed by atoms with Crippen molar-refractivity contribution in [2.24, 2.45) is 11.8 Å². The van der Waals surface area contributed by atoms with Gasteiger partial charge < -0.3 is 0 Å². The molecule has 150 valence electrons. The third kappa shape index (κ3) is 6.81. The van der Waals surface area contributed by atoms with E-state index in [0.717, 1.165) is 25.7 Å². The second kappa shape index (κ2) is 10.2. The van der Waals surface area contributed by atoms with Crippen molar-refractivity contribution in [2.75, 3.05) is 37.7 Å². The molecule has 6 nitrogen and oxygen atoms in total. The monoisotopic (exact) mass is 396 g/mol. The zero-order chi connectivity index (χ0) is 19.1. The molecule has 0 radical (unpaired) electrons. The van der Waals surface area contributed by atoms with E-state index in [9.17, 15) is 16.8 Å². The maximum atomic E-state index is 12.7. The maximum Gasteiger partial charge on any atom is 0.214 e. The summed E-state index contributed by atoms with van der Waals surface area (Å²) in [5, 5.41) is 0. The van der Waals surface area contributed by atoms with Gasteiger partial charge in [-0.05, 0) is 18.3 Å². The molecular formula is C17H36N2O4S2. The smallest absolute Gasteiger partial charge is 0.212 e. The van der Waals surface area contributed by atoms with Crippen LogP contribution in [0.2, 0.25) is 0 Å². The van der Waals surface area contributed by atoms with Crippen LogP contribution in [0.5, 0.6) is 0 Å². The first kappa shape index (κ1) is 22.9. The predicted molar refractivity (Wildman–Crippen MR) is 103 cm³/mol. The van der Waals surface area contributed by atoms with Gasteiger partial charge in [-0.2, -0.15) is 0 Å². The van der Waals surface area contributed by atoms with Crippen LogP contribution in [-0.2, 0) is 20.0 Å². The first-order chi connectivity index (χ1) is 11.7. The van der Waals surface area contributed by atoms with E-state index in [1.807, 2.05) is 27.7 Å². The van der Waals surface area contributed by atoms with Crippen LogP contribution in [0.15, 0.2) is 0 Å². The number of rotatable bonds is 10. The maximum absolute atomic E-state index is 12.7. The summed E-state index contributed by atoms with van der Waals surface area (Å²) in [5.41, 5.74) is 0. The summed E-state index contributed by atoms with van der Waals surface area (Å²) in [6.07, 6.45) is 3.95. The Hall–Kier alpha value is -0.180. The average Bonchev–Trinajstić information content (AvgIpc) is 2.85. The van der Waals surface area contributed by atoms with Crippen molar-refractivity contribution in [1.82, 2.24) is 8.61 Å². The molecule has 1 heterocycles. The molecule has 0 aliphatic carbocycles. The molecule has 1 aliphatic heterocycles. The summed E-state index contributed by atoms with van der Waals surface area (Å²) in [4.78, 5) is 0. The Kier molecular flexibility index (Phi) is 9.36. The fourth-order valence-electron chi connectivity index (χ4n) is 3.28. The lowest BCUT2D eigenvalue weighted by Gasteiger charge is -2.24. The fourth-order valence-corrected chi connectivity index (χ4v) is 7.37. The number of hydrogen-bond donors (Lipinski definition) is 0. The fraction of sp³-hybridized carbons (Fsp3) is 1.00. The topological polar surface area (TPSA) is 74.8 Å². The molecule has 25 heavy (non-hydrogen) atoms. The summed E-state index contributed by atoms with van der Waals surface area (Å²) < 4.78 is 53.6. The van der Waals surface area contributed by atoms with E-state index in [4.69, 9.17) is 0 Å². The van der Waals surface area contributed by atoms with Gasteiger partial charge in [-0.3, -0.25) is 0 Å². The molecule has 0 amide bonds. The van der Waals surface area contributed by atoms with Crippen LogP contribution in [0.25, 0.3) is 0 Å². The summed E-state index contributed by atoms with van der Waals surface area (Å²) in [6, 6.07) is 0. The number of nitrogens with zero attached hydrogens (tertiary/aromatic N) is 2. The van der Waals surface area contributed by atoms with E-state index in [-0.39, 0.29) is 36.4 Å². The lowest BCUT2D eigenvalue weighted by atomic mass is 10.1. The molecule has 0 atom stereocenters. The molecule has 1 rings (SSSR count). The SMILES string of the molecule is CCC(CC)CS(=O)(=O)N1CCCN(S(=O)(=O)CC(CC)CC)CC1. The second-order valence-corrected chi connectivity index (χ2v) is 11.1. The molecule has 0 N–H and O–H groups in total. The molecule has 0 bridgehead atoms. The molecule has 0 saturated carbocycles. The lowest BCUT2D eigenvalue weighted by molar-refractivity contribution is 0.394. The van der Waals surface area contributed by atoms with Gasteiger partial charge >= 0.3 is 0 Å². The van der Waals surface area contributed by atoms with Crippen LogP contribution < -0.4 is 0 Å². The molecular weight excluding hydrogens is 360 g/mol. The van der Waals surface area contributed by atoms with Gasteiger partial charge in [-0.15, -0.1) is 0 Å². The summed E-state index contributed by atoms with van der Waals surface area (Å²) in [7, 11) is -6.64. The van der Waals surface area contributed by atoms with E-state index in [1.165, 1.54) is 8.61 Å². The highest BCUT2D eigenvalue weighted by Gasteiger charge is 2.31. The second-order valence-electron chi connectivity index (χ2n) is 7.07. The Morgan fingerprint density at radius 1 is 0.640 bits per heavy atom. The minimum absolute atomic E-state index is 0.167. The Balaban J connectivity index is 2.76. The van der Waals surface area contributed by atoms with Crippen molar-refractivity contribution in [3.8, 4) is 0 Å². The Morgan fingerprint density at radius 2 is 0.960 bits per heavy atom. The lowest BCUT2D eigenvalue weighted by Crippen LogP contribution is -2.40. The quantitative estimate of drug-likeness (QED) is 0.569. The van der Waals surface area contributed by atoms with Gasteiger partial charge in [0.15, 0.2) is 0 Å². The van der Waals surface area contributed by atoms with Crippen LogP contribution in [0.1, 0.15) is 59.8 Å². The third-order valence-corrected chi connectivity index (χ3v) is 9.49. The van der Waals surface area contributed by atoms with Crippen molar-refractivity contribution in [2.45, 2.75) is 59.8 Å². The zero-order valence-corrected chi connectivity index (χ0v) is 17.9. The van der Waals surface area contributed by atoms with Gasteiger partial charge in [0.25, 0.3) is 0 Å². The van der Waals surface area contributed by atoms with Crippen LogP contribution in [0, 0.1) is 11.8 Å². The van der Waals surface area contributed by atoms with E-state index in [0.29, 0.717) is 19.5 Å². The molecule has 1 fully saturated rings. The van der Waals surface area contributed by atoms with E-state index in [1.54, 1.807) is 0 Å². The first-order valence-corrected chi connectivity index (χ1v) is 12.9. The van der Waals surface area contributed by atoms with Crippen molar-refractivity contribution in [1.29, 1.82) is 0 Å². The number of sulfonamides is 2. The van der Waals surface area contributed by atoms with Gasteiger partial charge in [0.05, 0.1) is 11.5 Å². The summed E-state index contributed by atoms with van der Waals surface area (Å²) in [5.74, 6) is 0.673. The van der Waals surface area contributed by atoms with Gasteiger partial charge in [-0.25, -0.2) is 25.4 Å². The Morgan fingerprint density at radius 3 is 1.24 bits per heavy atom. The highest BCUT2D eigenvalue weighted by molar-refractivity contribution is 7.89. The van der Waals surface area contributed by atoms with E-state index >= 15 is 0 Å². The highest BCUT2D eigenvalue weighted by Crippen LogP contribution is 2.19. The van der Waals surface area contributed by atoms with Gasteiger partial charge in [0.1, 0.15) is 0 Å². The standard InChI is InChI=1S/C17H36N2O4S2/c1-5-16(6-2)14-24(20,21)18-10-9-11-19(13-12-18)25(22,23)15-17(7-3)8-4/h16-17H,5-15H2,1-4H3. The van der Waals surface area contributed by atoms with Crippen molar-refractivity contribution < 1.29 is 16.8 Å². The minimum Gasteiger partial charge on any atom is -0.212 e. The highest BCUT2D eigenvalue weighted by atomic mass is 32.2. The molecule has 1 saturated heterocycles. The van der Waals surface area contributed by atoms with Crippen LogP contribution in [0.3, 0.4) is 0 Å². The molecule has 0 aromatic rings. The van der Waals surface area contributed by atoms with E-state index in [2.05, 4.69) is 0 Å². The van der Waals surface area contributed by atoms with Gasteiger partial charge in [0, 0.05) is 26.2 Å². The first-order valence-electron chi connectivity index (χ1n) is 9.65. The third-order valence-electron chi connectivity index (χ3n) is 5.40. The molecule has 0 unspecified atom stereocenters. The van der Waals surface area contributed by atoms with Gasteiger partial charge in [0.2, 0.25) is 20.0 Å². The average molecular weight is 397 g/mol. The molecule has 0 aromatic heterocycles. The number of hydrogen-bond acceptors (Lipinski definition) is 4. The summed E-state index contributed by atoms with van der Waals surface area (Å²) in [6.45, 7) is 9.42. The van der Waals surface area contributed by atoms with Crippen LogP contribution in [0.4, 0.5) is 0 Å². The Bertz CT molecular complexity index is 530. The Labute approximate surface area is 155 Å². The van der Waals surface area contributed by atoms with Gasteiger partial charge in [-0.1, -0.05) is 53.4 Å². The van der Waals surface area contributed by atoms with Crippen LogP contribution >= 0.6 is 0 Å². The van der Waals surface area contributed by atoms with E-state index < -0.39 is 20.0 Å². The minimum atomic E-state index is -3.32. The molecule has 8 heteroatoms. The predicted octanol–water partition coefficient (Wildman–Crippen LogP) is 2.53. The molecule has 1 aliphatic rings. The molecule has 0 spiro atoms. The normalized spacial score (nSPS) is 18.8.